The smallest absolute Gasteiger partial charge is 0.228 e. The molecule has 2 aliphatic rings. The van der Waals surface area contributed by atoms with Gasteiger partial charge in [-0.05, 0) is 75.0 Å². The van der Waals surface area contributed by atoms with Crippen LogP contribution in [0.4, 0.5) is 0 Å². The summed E-state index contributed by atoms with van der Waals surface area (Å²) in [6.45, 7) is 0.280. The zero-order valence-corrected chi connectivity index (χ0v) is 20.1. The first-order valence-corrected chi connectivity index (χ1v) is 12.8. The third-order valence-electron chi connectivity index (χ3n) is 8.01. The number of rotatable bonds is 6. The number of hydrogen-bond donors (Lipinski definition) is 0. The second-order valence-corrected chi connectivity index (χ2v) is 10.1. The van der Waals surface area contributed by atoms with Gasteiger partial charge in [-0.25, -0.2) is 0 Å². The van der Waals surface area contributed by atoms with Gasteiger partial charge in [-0.2, -0.15) is 4.57 Å². The molecule has 2 aliphatic carbocycles. The van der Waals surface area contributed by atoms with Crippen LogP contribution in [0.5, 0.6) is 0 Å². The molecule has 174 valence electrons. The van der Waals surface area contributed by atoms with E-state index in [2.05, 4.69) is 48.5 Å². The summed E-state index contributed by atoms with van der Waals surface area (Å²) < 4.78 is 1.90. The average molecular weight is 469 g/mol. The van der Waals surface area contributed by atoms with E-state index in [-0.39, 0.29) is 18.1 Å². The van der Waals surface area contributed by atoms with Gasteiger partial charge in [0, 0.05) is 29.7 Å². The topological polar surface area (TPSA) is 38.0 Å². The lowest BCUT2D eigenvalue weighted by molar-refractivity contribution is -0.683. The number of hydrogen-bond acceptors (Lipinski definition) is 2. The van der Waals surface area contributed by atoms with Crippen LogP contribution in [0, 0.1) is 0 Å². The molecule has 0 atom stereocenters. The van der Waals surface area contributed by atoms with Crippen molar-refractivity contribution in [3.8, 4) is 0 Å². The first-order valence-electron chi connectivity index (χ1n) is 12.8. The van der Waals surface area contributed by atoms with E-state index in [4.69, 9.17) is 0 Å². The van der Waals surface area contributed by atoms with Crippen molar-refractivity contribution in [1.29, 1.82) is 0 Å². The van der Waals surface area contributed by atoms with Gasteiger partial charge in [-0.3, -0.25) is 9.59 Å². The minimum atomic E-state index is 0.104. The molecule has 1 heterocycles. The Balaban J connectivity index is 1.10. The fourth-order valence-electron chi connectivity index (χ4n) is 6.22. The molecule has 0 fully saturated rings. The fourth-order valence-corrected chi connectivity index (χ4v) is 6.22. The molecule has 3 nitrogen and oxygen atoms in total. The molecule has 1 aromatic heterocycles. The highest BCUT2D eigenvalue weighted by molar-refractivity contribution is 6.11. The summed E-state index contributed by atoms with van der Waals surface area (Å²) in [5.41, 5.74) is 7.94. The Hall–Kier alpha value is -4.11. The summed E-state index contributed by atoms with van der Waals surface area (Å²) in [5.74, 6) is 0.236. The third-order valence-corrected chi connectivity index (χ3v) is 8.01. The molecule has 0 saturated heterocycles. The highest BCUT2D eigenvalue weighted by Crippen LogP contribution is 2.34. The Bertz CT molecular complexity index is 1560. The van der Waals surface area contributed by atoms with E-state index in [1.54, 1.807) is 0 Å². The number of pyridine rings is 1. The zero-order chi connectivity index (χ0) is 24.2. The van der Waals surface area contributed by atoms with Gasteiger partial charge in [0.2, 0.25) is 12.3 Å². The molecule has 0 N–H and O–H groups in total. The first kappa shape index (κ1) is 21.2. The summed E-state index contributed by atoms with van der Waals surface area (Å²) in [6.07, 6.45) is 8.40. The van der Waals surface area contributed by atoms with E-state index >= 15 is 0 Å². The van der Waals surface area contributed by atoms with E-state index in [9.17, 15) is 9.59 Å². The van der Waals surface area contributed by atoms with Gasteiger partial charge < -0.3 is 0 Å². The van der Waals surface area contributed by atoms with Gasteiger partial charge in [0.1, 0.15) is 0 Å². The minimum absolute atomic E-state index is 0.104. The quantitative estimate of drug-likeness (QED) is 0.234. The highest BCUT2D eigenvalue weighted by Gasteiger charge is 2.22. The Morgan fingerprint density at radius 1 is 0.583 bits per heavy atom. The number of carbonyl (C=O) groups is 2. The second-order valence-electron chi connectivity index (χ2n) is 10.1. The predicted molar refractivity (Wildman–Crippen MR) is 142 cm³/mol. The molecule has 7 rings (SSSR count). The van der Waals surface area contributed by atoms with E-state index in [1.807, 2.05) is 41.2 Å². The van der Waals surface area contributed by atoms with Crippen molar-refractivity contribution < 1.29 is 14.2 Å². The van der Waals surface area contributed by atoms with Crippen LogP contribution in [0.3, 0.4) is 0 Å². The maximum atomic E-state index is 13.2. The van der Waals surface area contributed by atoms with Crippen molar-refractivity contribution in [2.75, 3.05) is 0 Å². The number of ketones is 2. The molecular formula is C33H26NO2+. The van der Waals surface area contributed by atoms with Crippen LogP contribution in [0.1, 0.15) is 48.5 Å². The number of Topliss-reactive ketones (excluding diaryl/α,β-unsaturated/α-hetero) is 2. The molecule has 0 radical (unpaired) electrons. The molecule has 0 amide bonds. The molecular weight excluding hydrogens is 442 g/mol. The number of nitrogens with zero attached hydrogens (tertiary/aromatic N) is 1. The first-order chi connectivity index (χ1) is 17.7. The SMILES string of the molecule is O=C(Cc1cc[n+](CC(=O)c2ccc3c4c(cccc24)CC3)cc1)c1ccc2c3c(cccc13)CC2. The van der Waals surface area contributed by atoms with Crippen LogP contribution < -0.4 is 4.57 Å². The summed E-state index contributed by atoms with van der Waals surface area (Å²) in [6, 6.07) is 24.8. The number of aromatic nitrogens is 1. The maximum absolute atomic E-state index is 13.2. The highest BCUT2D eigenvalue weighted by atomic mass is 16.1. The van der Waals surface area contributed by atoms with E-state index in [0.29, 0.717) is 6.42 Å². The number of aryl methyl sites for hydroxylation is 4. The Morgan fingerprint density at radius 3 is 1.64 bits per heavy atom. The van der Waals surface area contributed by atoms with Gasteiger partial charge >= 0.3 is 0 Å². The van der Waals surface area contributed by atoms with Crippen molar-refractivity contribution in [3.63, 3.8) is 0 Å². The van der Waals surface area contributed by atoms with Crippen LogP contribution in [-0.4, -0.2) is 11.6 Å². The molecule has 0 aliphatic heterocycles. The maximum Gasteiger partial charge on any atom is 0.228 e. The van der Waals surface area contributed by atoms with Crippen molar-refractivity contribution in [2.24, 2.45) is 0 Å². The van der Waals surface area contributed by atoms with E-state index in [0.717, 1.165) is 53.1 Å². The zero-order valence-electron chi connectivity index (χ0n) is 20.1. The van der Waals surface area contributed by atoms with Gasteiger partial charge in [0.05, 0.1) is 0 Å². The predicted octanol–water partition coefficient (Wildman–Crippen LogP) is 5.79. The largest absolute Gasteiger partial charge is 0.294 e. The molecule has 0 bridgehead atoms. The Morgan fingerprint density at radius 2 is 1.08 bits per heavy atom. The molecule has 5 aromatic rings. The Labute approximate surface area is 210 Å². The monoisotopic (exact) mass is 468 g/mol. The standard InChI is InChI=1S/C33H26NO2/c35-30(26-13-11-24-9-7-22-3-1-5-28(26)32(22)24)19-21-15-17-34(18-16-21)20-31(36)27-14-12-25-10-8-23-4-2-6-29(27)33(23)25/h1-6,11-18H,7-10,19-20H2/q+1. The van der Waals surface area contributed by atoms with Crippen LogP contribution in [-0.2, 0) is 38.6 Å². The second kappa shape index (κ2) is 8.23. The molecule has 0 unspecified atom stereocenters. The van der Waals surface area contributed by atoms with Gasteiger partial charge in [-0.1, -0.05) is 60.7 Å². The van der Waals surface area contributed by atoms with Crippen LogP contribution >= 0.6 is 0 Å². The summed E-state index contributed by atoms with van der Waals surface area (Å²) >= 11 is 0. The molecule has 36 heavy (non-hydrogen) atoms. The average Bonchev–Trinajstić information content (AvgIpc) is 3.52. The molecule has 0 saturated carbocycles. The van der Waals surface area contributed by atoms with Crippen molar-refractivity contribution in [3.05, 3.63) is 124 Å². The van der Waals surface area contributed by atoms with Crippen LogP contribution in [0.15, 0.2) is 85.2 Å². The summed E-state index contributed by atoms with van der Waals surface area (Å²) in [7, 11) is 0. The molecule has 3 heteroatoms. The van der Waals surface area contributed by atoms with Gasteiger partial charge in [0.15, 0.2) is 18.2 Å². The van der Waals surface area contributed by atoms with Crippen LogP contribution in [0.25, 0.3) is 21.5 Å². The fraction of sp³-hybridized carbons (Fsp3) is 0.182. The third kappa shape index (κ3) is 3.38. The van der Waals surface area contributed by atoms with Crippen molar-refractivity contribution in [1.82, 2.24) is 0 Å². The van der Waals surface area contributed by atoms with E-state index in [1.165, 1.54) is 33.0 Å². The molecule has 0 spiro atoms. The van der Waals surface area contributed by atoms with Gasteiger partial charge in [0.25, 0.3) is 0 Å². The van der Waals surface area contributed by atoms with Crippen LogP contribution in [0.2, 0.25) is 0 Å². The van der Waals surface area contributed by atoms with Crippen molar-refractivity contribution >= 4 is 33.1 Å². The van der Waals surface area contributed by atoms with Crippen molar-refractivity contribution in [2.45, 2.75) is 38.6 Å². The molecule has 4 aromatic carbocycles. The summed E-state index contributed by atoms with van der Waals surface area (Å²) in [5, 5.41) is 4.69. The lowest BCUT2D eigenvalue weighted by Gasteiger charge is -2.09. The number of carbonyl (C=O) groups excluding carboxylic acids is 2. The normalized spacial score (nSPS) is 13.6. The van der Waals surface area contributed by atoms with Gasteiger partial charge in [-0.15, -0.1) is 0 Å². The summed E-state index contributed by atoms with van der Waals surface area (Å²) in [4.78, 5) is 26.5. The number of benzene rings is 4. The lowest BCUT2D eigenvalue weighted by Crippen LogP contribution is -2.37. The minimum Gasteiger partial charge on any atom is -0.294 e. The Kier molecular flexibility index (Phi) is 4.85. The lowest BCUT2D eigenvalue weighted by atomic mass is 9.95. The van der Waals surface area contributed by atoms with E-state index < -0.39 is 0 Å².